The summed E-state index contributed by atoms with van der Waals surface area (Å²) < 4.78 is 3.21. The van der Waals surface area contributed by atoms with Crippen molar-refractivity contribution in [1.82, 2.24) is 14.6 Å². The van der Waals surface area contributed by atoms with Gasteiger partial charge in [0.15, 0.2) is 5.65 Å². The van der Waals surface area contributed by atoms with E-state index >= 15 is 0 Å². The first-order valence-electron chi connectivity index (χ1n) is 4.17. The van der Waals surface area contributed by atoms with Crippen molar-refractivity contribution in [3.8, 4) is 0 Å². The molecule has 0 spiro atoms. The Balaban J connectivity index is 2.69. The first-order chi connectivity index (χ1) is 6.18. The van der Waals surface area contributed by atoms with Crippen LogP contribution in [0.3, 0.4) is 0 Å². The average Bonchev–Trinajstić information content (AvgIpc) is 2.48. The van der Waals surface area contributed by atoms with Crippen LogP contribution in [0.25, 0.3) is 5.65 Å². The summed E-state index contributed by atoms with van der Waals surface area (Å²) in [6.07, 6.45) is 3.83. The number of rotatable bonds is 1. The fourth-order valence-corrected chi connectivity index (χ4v) is 2.33. The maximum Gasteiger partial charge on any atom is 0.161 e. The molecule has 4 heteroatoms. The third-order valence-electron chi connectivity index (χ3n) is 2.03. The monoisotopic (exact) mass is 287 g/mol. The number of nitrogens with zero attached hydrogens (tertiary/aromatic N) is 3. The van der Waals surface area contributed by atoms with Crippen molar-refractivity contribution < 1.29 is 0 Å². The fourth-order valence-electron chi connectivity index (χ4n) is 1.29. The Kier molecular flexibility index (Phi) is 2.23. The van der Waals surface area contributed by atoms with Crippen LogP contribution < -0.4 is 0 Å². The lowest BCUT2D eigenvalue weighted by Gasteiger charge is -2.08. The van der Waals surface area contributed by atoms with E-state index in [1.807, 2.05) is 4.40 Å². The van der Waals surface area contributed by atoms with E-state index in [1.54, 1.807) is 6.33 Å². The highest BCUT2D eigenvalue weighted by atomic mass is 127. The van der Waals surface area contributed by atoms with Gasteiger partial charge in [-0.05, 0) is 40.1 Å². The highest BCUT2D eigenvalue weighted by Crippen LogP contribution is 2.21. The second kappa shape index (κ2) is 3.25. The van der Waals surface area contributed by atoms with Crippen LogP contribution in [0.5, 0.6) is 0 Å². The van der Waals surface area contributed by atoms with Crippen molar-refractivity contribution in [2.24, 2.45) is 0 Å². The first-order valence-corrected chi connectivity index (χ1v) is 5.25. The highest BCUT2D eigenvalue weighted by molar-refractivity contribution is 14.1. The molecule has 68 valence electrons. The van der Waals surface area contributed by atoms with Crippen LogP contribution in [-0.4, -0.2) is 14.6 Å². The van der Waals surface area contributed by atoms with Gasteiger partial charge in [-0.15, -0.1) is 10.2 Å². The summed E-state index contributed by atoms with van der Waals surface area (Å²) in [4.78, 5) is 0. The van der Waals surface area contributed by atoms with Crippen LogP contribution in [0.1, 0.15) is 25.3 Å². The Labute approximate surface area is 90.3 Å². The number of aromatic nitrogens is 3. The molecule has 2 heterocycles. The molecular formula is C9H10IN3. The summed E-state index contributed by atoms with van der Waals surface area (Å²) >= 11 is 2.34. The normalized spacial score (nSPS) is 11.4. The molecule has 0 N–H and O–H groups in total. The van der Waals surface area contributed by atoms with Crippen molar-refractivity contribution >= 4 is 28.2 Å². The molecule has 0 bridgehead atoms. The number of hydrogen-bond acceptors (Lipinski definition) is 2. The van der Waals surface area contributed by atoms with E-state index in [4.69, 9.17) is 0 Å². The quantitative estimate of drug-likeness (QED) is 0.754. The fraction of sp³-hybridized carbons (Fsp3) is 0.333. The van der Waals surface area contributed by atoms with Crippen LogP contribution in [0.2, 0.25) is 0 Å². The molecule has 0 fully saturated rings. The maximum atomic E-state index is 3.99. The van der Waals surface area contributed by atoms with Gasteiger partial charge in [-0.25, -0.2) is 0 Å². The van der Waals surface area contributed by atoms with Crippen molar-refractivity contribution in [3.63, 3.8) is 0 Å². The predicted molar refractivity (Wildman–Crippen MR) is 59.8 cm³/mol. The molecule has 2 rings (SSSR count). The predicted octanol–water partition coefficient (Wildman–Crippen LogP) is 2.46. The van der Waals surface area contributed by atoms with Crippen LogP contribution in [0.15, 0.2) is 18.6 Å². The average molecular weight is 287 g/mol. The van der Waals surface area contributed by atoms with Crippen LogP contribution in [0.4, 0.5) is 0 Å². The minimum absolute atomic E-state index is 0.540. The molecule has 3 nitrogen and oxygen atoms in total. The van der Waals surface area contributed by atoms with Crippen molar-refractivity contribution in [3.05, 3.63) is 27.7 Å². The number of fused-ring (bicyclic) bond motifs is 1. The Morgan fingerprint density at radius 3 is 2.92 bits per heavy atom. The Hall–Kier alpha value is -0.650. The molecule has 13 heavy (non-hydrogen) atoms. The standard InChI is InChI=1S/C9H10IN3/c1-6(2)7-4-13-5-11-12-9(13)3-8(7)10/h3-6H,1-2H3. The molecule has 0 amide bonds. The molecular weight excluding hydrogens is 277 g/mol. The summed E-state index contributed by atoms with van der Waals surface area (Å²) in [5, 5.41) is 7.84. The van der Waals surface area contributed by atoms with Crippen LogP contribution >= 0.6 is 22.6 Å². The molecule has 0 atom stereocenters. The van der Waals surface area contributed by atoms with E-state index < -0.39 is 0 Å². The van der Waals surface area contributed by atoms with Crippen molar-refractivity contribution in [1.29, 1.82) is 0 Å². The van der Waals surface area contributed by atoms with E-state index in [-0.39, 0.29) is 0 Å². The van der Waals surface area contributed by atoms with Crippen molar-refractivity contribution in [2.75, 3.05) is 0 Å². The number of pyridine rings is 1. The van der Waals surface area contributed by atoms with Gasteiger partial charge < -0.3 is 0 Å². The summed E-state index contributed by atoms with van der Waals surface area (Å²) in [7, 11) is 0. The van der Waals surface area contributed by atoms with E-state index in [1.165, 1.54) is 9.13 Å². The van der Waals surface area contributed by atoms with Gasteiger partial charge >= 0.3 is 0 Å². The van der Waals surface area contributed by atoms with E-state index in [9.17, 15) is 0 Å². The maximum absolute atomic E-state index is 3.99. The topological polar surface area (TPSA) is 30.2 Å². The van der Waals surface area contributed by atoms with E-state index in [0.29, 0.717) is 5.92 Å². The second-order valence-electron chi connectivity index (χ2n) is 3.33. The zero-order valence-electron chi connectivity index (χ0n) is 7.53. The van der Waals surface area contributed by atoms with Crippen molar-refractivity contribution in [2.45, 2.75) is 19.8 Å². The molecule has 2 aromatic heterocycles. The van der Waals surface area contributed by atoms with Gasteiger partial charge in [-0.2, -0.15) is 0 Å². The van der Waals surface area contributed by atoms with Gasteiger partial charge in [0, 0.05) is 9.77 Å². The molecule has 0 radical (unpaired) electrons. The Bertz CT molecular complexity index is 433. The molecule has 0 saturated heterocycles. The van der Waals surface area contributed by atoms with Crippen LogP contribution in [0, 0.1) is 3.57 Å². The Morgan fingerprint density at radius 1 is 1.46 bits per heavy atom. The smallest absolute Gasteiger partial charge is 0.161 e. The molecule has 2 aromatic rings. The molecule has 0 aliphatic rings. The highest BCUT2D eigenvalue weighted by Gasteiger charge is 2.06. The summed E-state index contributed by atoms with van der Waals surface area (Å²) in [5.41, 5.74) is 2.25. The molecule has 0 aliphatic carbocycles. The second-order valence-corrected chi connectivity index (χ2v) is 4.49. The Morgan fingerprint density at radius 2 is 2.23 bits per heavy atom. The molecule has 0 saturated carbocycles. The minimum Gasteiger partial charge on any atom is -0.289 e. The summed E-state index contributed by atoms with van der Waals surface area (Å²) in [5.74, 6) is 0.540. The lowest BCUT2D eigenvalue weighted by molar-refractivity contribution is 0.846. The van der Waals surface area contributed by atoms with Gasteiger partial charge in [0.05, 0.1) is 0 Å². The molecule has 0 aromatic carbocycles. The zero-order valence-corrected chi connectivity index (χ0v) is 9.69. The number of halogens is 1. The number of hydrogen-bond donors (Lipinski definition) is 0. The third-order valence-corrected chi connectivity index (χ3v) is 2.97. The lowest BCUT2D eigenvalue weighted by atomic mass is 10.1. The zero-order chi connectivity index (χ0) is 9.42. The minimum atomic E-state index is 0.540. The van der Waals surface area contributed by atoms with Gasteiger partial charge in [0.1, 0.15) is 6.33 Å². The van der Waals surface area contributed by atoms with Gasteiger partial charge in [0.2, 0.25) is 0 Å². The molecule has 0 aliphatic heterocycles. The first kappa shape index (κ1) is 8.93. The lowest BCUT2D eigenvalue weighted by Crippen LogP contribution is -1.95. The summed E-state index contributed by atoms with van der Waals surface area (Å²) in [6, 6.07) is 2.06. The van der Waals surface area contributed by atoms with E-state index in [2.05, 4.69) is 58.9 Å². The third kappa shape index (κ3) is 1.54. The SMILES string of the molecule is CC(C)c1cn2cnnc2cc1I. The largest absolute Gasteiger partial charge is 0.289 e. The van der Waals surface area contributed by atoms with Gasteiger partial charge in [-0.1, -0.05) is 13.8 Å². The van der Waals surface area contributed by atoms with Gasteiger partial charge in [-0.3, -0.25) is 4.40 Å². The van der Waals surface area contributed by atoms with Gasteiger partial charge in [0.25, 0.3) is 0 Å². The molecule has 0 unspecified atom stereocenters. The van der Waals surface area contributed by atoms with E-state index in [0.717, 1.165) is 5.65 Å². The summed E-state index contributed by atoms with van der Waals surface area (Å²) in [6.45, 7) is 4.38. The van der Waals surface area contributed by atoms with Crippen LogP contribution in [-0.2, 0) is 0 Å².